The summed E-state index contributed by atoms with van der Waals surface area (Å²) in [6.45, 7) is 7.82. The molecule has 0 aromatic heterocycles. The summed E-state index contributed by atoms with van der Waals surface area (Å²) < 4.78 is 16.1. The van der Waals surface area contributed by atoms with Crippen molar-refractivity contribution in [2.24, 2.45) is 0 Å². The van der Waals surface area contributed by atoms with Crippen molar-refractivity contribution in [3.63, 3.8) is 0 Å². The summed E-state index contributed by atoms with van der Waals surface area (Å²) in [5, 5.41) is 8.79. The van der Waals surface area contributed by atoms with Crippen LogP contribution in [0.25, 0.3) is 11.1 Å². The lowest BCUT2D eigenvalue weighted by molar-refractivity contribution is -0.139. The molecule has 5 heteroatoms. The van der Waals surface area contributed by atoms with E-state index in [1.54, 1.807) is 6.92 Å². The van der Waals surface area contributed by atoms with E-state index in [0.29, 0.717) is 11.3 Å². The zero-order valence-corrected chi connectivity index (χ0v) is 15.2. The van der Waals surface area contributed by atoms with Crippen LogP contribution in [0.2, 0.25) is 0 Å². The molecule has 138 valence electrons. The van der Waals surface area contributed by atoms with Crippen LogP contribution in [0.3, 0.4) is 0 Å². The second kappa shape index (κ2) is 9.63. The van der Waals surface area contributed by atoms with E-state index >= 15 is 0 Å². The molecule has 0 saturated heterocycles. The van der Waals surface area contributed by atoms with Crippen LogP contribution in [0.15, 0.2) is 54.6 Å². The quantitative estimate of drug-likeness (QED) is 0.423. The minimum Gasteiger partial charge on any atom is -0.491 e. The van der Waals surface area contributed by atoms with Crippen LogP contribution >= 0.6 is 0 Å². The van der Waals surface area contributed by atoms with Crippen molar-refractivity contribution in [2.75, 3.05) is 26.4 Å². The Morgan fingerprint density at radius 1 is 1.00 bits per heavy atom. The molecule has 0 bridgehead atoms. The van der Waals surface area contributed by atoms with E-state index in [0.717, 1.165) is 22.4 Å². The van der Waals surface area contributed by atoms with Gasteiger partial charge in [-0.25, -0.2) is 4.79 Å². The number of aliphatic hydroxyl groups is 1. The highest BCUT2D eigenvalue weighted by Gasteiger charge is 2.06. The Labute approximate surface area is 153 Å². The Balaban J connectivity index is 2.00. The van der Waals surface area contributed by atoms with Crippen LogP contribution in [0, 0.1) is 6.92 Å². The van der Waals surface area contributed by atoms with E-state index in [9.17, 15) is 4.79 Å². The molecule has 0 radical (unpaired) electrons. The van der Waals surface area contributed by atoms with E-state index in [-0.39, 0.29) is 26.4 Å². The molecule has 0 unspecified atom stereocenters. The first-order chi connectivity index (χ1) is 12.5. The predicted molar refractivity (Wildman–Crippen MR) is 100 cm³/mol. The molecule has 1 N–H and O–H groups in total. The van der Waals surface area contributed by atoms with Gasteiger partial charge in [-0.2, -0.15) is 0 Å². The Morgan fingerprint density at radius 3 is 2.35 bits per heavy atom. The number of benzene rings is 2. The molecule has 0 fully saturated rings. The summed E-state index contributed by atoms with van der Waals surface area (Å²) in [6.07, 6.45) is 0. The van der Waals surface area contributed by atoms with Gasteiger partial charge in [-0.1, -0.05) is 30.8 Å². The zero-order valence-electron chi connectivity index (χ0n) is 15.2. The highest BCUT2D eigenvalue weighted by molar-refractivity contribution is 5.86. The molecule has 0 aliphatic carbocycles. The van der Waals surface area contributed by atoms with Gasteiger partial charge in [0.25, 0.3) is 0 Å². The SMILES string of the molecule is C=C(C)C(=O)OCCOc1cc(-c2ccc(OCCO)cc2)ccc1C. The van der Waals surface area contributed by atoms with Crippen molar-refractivity contribution in [1.29, 1.82) is 0 Å². The number of ether oxygens (including phenoxy) is 3. The summed E-state index contributed by atoms with van der Waals surface area (Å²) in [7, 11) is 0. The van der Waals surface area contributed by atoms with Crippen molar-refractivity contribution in [1.82, 2.24) is 0 Å². The topological polar surface area (TPSA) is 65.0 Å². The third kappa shape index (κ3) is 5.63. The van der Waals surface area contributed by atoms with Crippen molar-refractivity contribution < 1.29 is 24.1 Å². The van der Waals surface area contributed by atoms with Gasteiger partial charge in [0.15, 0.2) is 0 Å². The standard InChI is InChI=1S/C21H24O5/c1-15(2)21(23)26-13-12-25-20-14-18(5-4-16(20)3)17-6-8-19(9-7-17)24-11-10-22/h4-9,14,22H,1,10-13H2,2-3H3. The molecule has 0 atom stereocenters. The molecule has 0 aliphatic heterocycles. The van der Waals surface area contributed by atoms with Crippen LogP contribution in [-0.2, 0) is 9.53 Å². The fraction of sp³-hybridized carbons (Fsp3) is 0.286. The number of esters is 1. The predicted octanol–water partition coefficient (Wildman–Crippen LogP) is 3.53. The zero-order chi connectivity index (χ0) is 18.9. The number of rotatable bonds is 9. The van der Waals surface area contributed by atoms with Gasteiger partial charge >= 0.3 is 5.97 Å². The number of hydrogen-bond acceptors (Lipinski definition) is 5. The van der Waals surface area contributed by atoms with Crippen molar-refractivity contribution in [3.8, 4) is 22.6 Å². The van der Waals surface area contributed by atoms with Crippen molar-refractivity contribution in [2.45, 2.75) is 13.8 Å². The Bertz CT molecular complexity index is 749. The van der Waals surface area contributed by atoms with Gasteiger partial charge in [0.2, 0.25) is 0 Å². The average Bonchev–Trinajstić information content (AvgIpc) is 2.65. The Kier molecular flexibility index (Phi) is 7.24. The van der Waals surface area contributed by atoms with E-state index < -0.39 is 5.97 Å². The molecule has 5 nitrogen and oxygen atoms in total. The number of hydrogen-bond donors (Lipinski definition) is 1. The lowest BCUT2D eigenvalue weighted by Gasteiger charge is -2.12. The van der Waals surface area contributed by atoms with Gasteiger partial charge < -0.3 is 19.3 Å². The van der Waals surface area contributed by atoms with Gasteiger partial charge in [-0.3, -0.25) is 0 Å². The van der Waals surface area contributed by atoms with Crippen molar-refractivity contribution >= 4 is 5.97 Å². The Hall–Kier alpha value is -2.79. The first kappa shape index (κ1) is 19.5. The maximum absolute atomic E-state index is 11.4. The maximum Gasteiger partial charge on any atom is 0.333 e. The molecule has 0 saturated carbocycles. The number of aryl methyl sites for hydroxylation is 1. The third-order valence-corrected chi connectivity index (χ3v) is 3.66. The first-order valence-electron chi connectivity index (χ1n) is 8.41. The molecule has 2 aromatic rings. The number of carbonyl (C=O) groups excluding carboxylic acids is 1. The molecular formula is C21H24O5. The molecule has 2 aromatic carbocycles. The summed E-state index contributed by atoms with van der Waals surface area (Å²) in [5.74, 6) is 1.04. The molecule has 0 heterocycles. The second-order valence-electron chi connectivity index (χ2n) is 5.84. The lowest BCUT2D eigenvalue weighted by Crippen LogP contribution is -2.12. The molecule has 0 amide bonds. The minimum atomic E-state index is -0.414. The number of carbonyl (C=O) groups is 1. The highest BCUT2D eigenvalue weighted by atomic mass is 16.6. The van der Waals surface area contributed by atoms with Gasteiger partial charge in [-0.05, 0) is 48.7 Å². The third-order valence-electron chi connectivity index (χ3n) is 3.66. The normalized spacial score (nSPS) is 10.3. The second-order valence-corrected chi connectivity index (χ2v) is 5.84. The van der Waals surface area contributed by atoms with Gasteiger partial charge in [0.1, 0.15) is 31.3 Å². The van der Waals surface area contributed by atoms with Crippen molar-refractivity contribution in [3.05, 3.63) is 60.2 Å². The Morgan fingerprint density at radius 2 is 1.69 bits per heavy atom. The fourth-order valence-electron chi connectivity index (χ4n) is 2.25. The molecule has 2 rings (SSSR count). The maximum atomic E-state index is 11.4. The lowest BCUT2D eigenvalue weighted by atomic mass is 10.0. The monoisotopic (exact) mass is 356 g/mol. The van der Waals surface area contributed by atoms with E-state index in [1.807, 2.05) is 49.4 Å². The molecule has 26 heavy (non-hydrogen) atoms. The van der Waals surface area contributed by atoms with Crippen LogP contribution in [0.5, 0.6) is 11.5 Å². The first-order valence-corrected chi connectivity index (χ1v) is 8.41. The van der Waals surface area contributed by atoms with Gasteiger partial charge in [0, 0.05) is 5.57 Å². The van der Waals surface area contributed by atoms with E-state index in [4.69, 9.17) is 19.3 Å². The summed E-state index contributed by atoms with van der Waals surface area (Å²) in [6, 6.07) is 13.6. The number of aliphatic hydroxyl groups excluding tert-OH is 1. The van der Waals surface area contributed by atoms with E-state index in [1.165, 1.54) is 0 Å². The van der Waals surface area contributed by atoms with Crippen LogP contribution in [0.4, 0.5) is 0 Å². The van der Waals surface area contributed by atoms with Crippen LogP contribution in [0.1, 0.15) is 12.5 Å². The van der Waals surface area contributed by atoms with Crippen LogP contribution in [-0.4, -0.2) is 37.5 Å². The van der Waals surface area contributed by atoms with Gasteiger partial charge in [-0.15, -0.1) is 0 Å². The minimum absolute atomic E-state index is 0.0118. The highest BCUT2D eigenvalue weighted by Crippen LogP contribution is 2.28. The van der Waals surface area contributed by atoms with Crippen LogP contribution < -0.4 is 9.47 Å². The smallest absolute Gasteiger partial charge is 0.333 e. The largest absolute Gasteiger partial charge is 0.491 e. The molecule has 0 aliphatic rings. The molecule has 0 spiro atoms. The summed E-state index contributed by atoms with van der Waals surface area (Å²) in [4.78, 5) is 11.4. The van der Waals surface area contributed by atoms with Gasteiger partial charge in [0.05, 0.1) is 6.61 Å². The fourth-order valence-corrected chi connectivity index (χ4v) is 2.25. The van der Waals surface area contributed by atoms with E-state index in [2.05, 4.69) is 6.58 Å². The summed E-state index contributed by atoms with van der Waals surface area (Å²) >= 11 is 0. The molecular weight excluding hydrogens is 332 g/mol. The summed E-state index contributed by atoms with van der Waals surface area (Å²) in [5.41, 5.74) is 3.41. The average molecular weight is 356 g/mol.